The molecule has 6 nitrogen and oxygen atoms in total. The molecule has 1 aromatic carbocycles. The van der Waals surface area contributed by atoms with Crippen molar-refractivity contribution >= 4 is 23.4 Å². The summed E-state index contributed by atoms with van der Waals surface area (Å²) in [7, 11) is 0. The summed E-state index contributed by atoms with van der Waals surface area (Å²) in [4.78, 5) is 38.2. The van der Waals surface area contributed by atoms with E-state index in [-0.39, 0.29) is 29.7 Å². The van der Waals surface area contributed by atoms with Crippen molar-refractivity contribution in [3.8, 4) is 0 Å². The lowest BCUT2D eigenvalue weighted by Crippen LogP contribution is -2.47. The Labute approximate surface area is 159 Å². The first-order chi connectivity index (χ1) is 12.7. The molecule has 2 aliphatic carbocycles. The number of imide groups is 1. The van der Waals surface area contributed by atoms with E-state index in [2.05, 4.69) is 31.3 Å². The van der Waals surface area contributed by atoms with Crippen LogP contribution in [0.1, 0.15) is 56.0 Å². The summed E-state index contributed by atoms with van der Waals surface area (Å²) >= 11 is 0. The summed E-state index contributed by atoms with van der Waals surface area (Å²) < 4.78 is 0. The number of nitrogens with one attached hydrogen (secondary N) is 1. The lowest BCUT2D eigenvalue weighted by Gasteiger charge is -2.34. The molecule has 2 bridgehead atoms. The third-order valence-corrected chi connectivity index (χ3v) is 7.27. The normalized spacial score (nSPS) is 30.0. The predicted molar refractivity (Wildman–Crippen MR) is 101 cm³/mol. The first-order valence-electron chi connectivity index (χ1n) is 9.52. The van der Waals surface area contributed by atoms with Gasteiger partial charge < -0.3 is 0 Å². The first-order valence-corrected chi connectivity index (χ1v) is 9.52. The highest BCUT2D eigenvalue weighted by molar-refractivity contribution is 6.11. The van der Waals surface area contributed by atoms with Crippen LogP contribution in [0.2, 0.25) is 0 Å². The SMILES string of the molecule is CC1(C)[C@H]2CC[C@@]1(C)/C(=N/NC(=O)CN1C(=O)Cc3ccccc3C1=O)C2. The molecule has 4 rings (SSSR count). The van der Waals surface area contributed by atoms with Gasteiger partial charge in [-0.25, -0.2) is 5.43 Å². The average molecular weight is 367 g/mol. The maximum Gasteiger partial charge on any atom is 0.261 e. The number of carbonyl (C=O) groups excluding carboxylic acids is 3. The average Bonchev–Trinajstić information content (AvgIpc) is 2.96. The van der Waals surface area contributed by atoms with Gasteiger partial charge in [0, 0.05) is 16.7 Å². The molecule has 1 aliphatic heterocycles. The van der Waals surface area contributed by atoms with Gasteiger partial charge in [0.25, 0.3) is 11.8 Å². The number of hydrogen-bond donors (Lipinski definition) is 1. The maximum atomic E-state index is 12.6. The monoisotopic (exact) mass is 367 g/mol. The van der Waals surface area contributed by atoms with Gasteiger partial charge in [0.1, 0.15) is 6.54 Å². The molecule has 0 spiro atoms. The second-order valence-electron chi connectivity index (χ2n) is 8.71. The molecule has 0 radical (unpaired) electrons. The zero-order valence-electron chi connectivity index (χ0n) is 16.0. The standard InChI is InChI=1S/C21H25N3O3/c1-20(2)14-8-9-21(20,3)16(11-14)22-23-17(25)12-24-18(26)10-13-6-4-5-7-15(13)19(24)27/h4-7,14H,8-12H2,1-3H3,(H,23,25)/b22-16+/t14-,21-/m0/s1. The van der Waals surface area contributed by atoms with E-state index < -0.39 is 11.8 Å². The smallest absolute Gasteiger partial charge is 0.261 e. The van der Waals surface area contributed by atoms with E-state index in [4.69, 9.17) is 0 Å². The van der Waals surface area contributed by atoms with Crippen LogP contribution >= 0.6 is 0 Å². The lowest BCUT2D eigenvalue weighted by atomic mass is 9.70. The third-order valence-electron chi connectivity index (χ3n) is 7.27. The second kappa shape index (κ2) is 6.01. The highest BCUT2D eigenvalue weighted by atomic mass is 16.2. The molecule has 2 saturated carbocycles. The maximum absolute atomic E-state index is 12.6. The van der Waals surface area contributed by atoms with Crippen LogP contribution in [0.25, 0.3) is 0 Å². The van der Waals surface area contributed by atoms with Crippen molar-refractivity contribution in [2.75, 3.05) is 6.54 Å². The predicted octanol–water partition coefficient (Wildman–Crippen LogP) is 2.53. The largest absolute Gasteiger partial charge is 0.274 e. The van der Waals surface area contributed by atoms with Crippen LogP contribution in [0.4, 0.5) is 0 Å². The quantitative estimate of drug-likeness (QED) is 0.659. The van der Waals surface area contributed by atoms with Crippen molar-refractivity contribution in [2.24, 2.45) is 21.8 Å². The van der Waals surface area contributed by atoms with Crippen molar-refractivity contribution < 1.29 is 14.4 Å². The highest BCUT2D eigenvalue weighted by Crippen LogP contribution is 2.63. The molecular formula is C21H25N3O3. The van der Waals surface area contributed by atoms with E-state index in [1.807, 2.05) is 0 Å². The summed E-state index contributed by atoms with van der Waals surface area (Å²) in [6.45, 7) is 6.47. The summed E-state index contributed by atoms with van der Waals surface area (Å²) in [5.74, 6) is -0.611. The van der Waals surface area contributed by atoms with E-state index >= 15 is 0 Å². The van der Waals surface area contributed by atoms with Gasteiger partial charge in [-0.15, -0.1) is 0 Å². The van der Waals surface area contributed by atoms with Gasteiger partial charge in [0.15, 0.2) is 0 Å². The summed E-state index contributed by atoms with van der Waals surface area (Å²) in [5, 5.41) is 4.40. The number of nitrogens with zero attached hydrogens (tertiary/aromatic N) is 2. The lowest BCUT2D eigenvalue weighted by molar-refractivity contribution is -0.133. The van der Waals surface area contributed by atoms with Gasteiger partial charge in [0.05, 0.1) is 6.42 Å². The summed E-state index contributed by atoms with van der Waals surface area (Å²) in [5.41, 5.74) is 4.99. The van der Waals surface area contributed by atoms with Gasteiger partial charge in [-0.3, -0.25) is 19.3 Å². The number of amides is 3. The van der Waals surface area contributed by atoms with Gasteiger partial charge in [-0.2, -0.15) is 5.10 Å². The molecule has 1 heterocycles. The molecule has 2 fully saturated rings. The fourth-order valence-corrected chi connectivity index (χ4v) is 4.97. The van der Waals surface area contributed by atoms with Crippen LogP contribution in [-0.2, 0) is 16.0 Å². The van der Waals surface area contributed by atoms with E-state index in [0.29, 0.717) is 17.0 Å². The molecule has 3 amide bonds. The van der Waals surface area contributed by atoms with Crippen LogP contribution in [0.15, 0.2) is 29.4 Å². The molecule has 6 heteroatoms. The van der Waals surface area contributed by atoms with Crippen LogP contribution in [0.3, 0.4) is 0 Å². The second-order valence-corrected chi connectivity index (χ2v) is 8.71. The fraction of sp³-hybridized carbons (Fsp3) is 0.524. The van der Waals surface area contributed by atoms with E-state index in [1.165, 1.54) is 6.42 Å². The Hall–Kier alpha value is -2.50. The third kappa shape index (κ3) is 2.61. The number of hydrogen-bond acceptors (Lipinski definition) is 4. The zero-order chi connectivity index (χ0) is 19.4. The van der Waals surface area contributed by atoms with Crippen molar-refractivity contribution in [3.05, 3.63) is 35.4 Å². The number of rotatable bonds is 3. The van der Waals surface area contributed by atoms with E-state index in [0.717, 1.165) is 23.5 Å². The van der Waals surface area contributed by atoms with E-state index in [9.17, 15) is 14.4 Å². The number of hydrazone groups is 1. The molecule has 27 heavy (non-hydrogen) atoms. The number of carbonyl (C=O) groups is 3. The molecule has 0 unspecified atom stereocenters. The van der Waals surface area contributed by atoms with Crippen molar-refractivity contribution in [1.29, 1.82) is 0 Å². The van der Waals surface area contributed by atoms with Gasteiger partial charge in [-0.1, -0.05) is 39.0 Å². The topological polar surface area (TPSA) is 78.8 Å². The molecule has 1 aromatic rings. The highest BCUT2D eigenvalue weighted by Gasteiger charge is 2.60. The Kier molecular flexibility index (Phi) is 3.98. The van der Waals surface area contributed by atoms with E-state index in [1.54, 1.807) is 24.3 Å². The molecule has 142 valence electrons. The summed E-state index contributed by atoms with van der Waals surface area (Å²) in [6, 6.07) is 7.02. The molecule has 2 atom stereocenters. The Morgan fingerprint density at radius 2 is 2.00 bits per heavy atom. The fourth-order valence-electron chi connectivity index (χ4n) is 4.97. The minimum Gasteiger partial charge on any atom is -0.274 e. The Morgan fingerprint density at radius 3 is 2.67 bits per heavy atom. The molecule has 0 saturated heterocycles. The van der Waals surface area contributed by atoms with Gasteiger partial charge >= 0.3 is 0 Å². The Morgan fingerprint density at radius 1 is 1.26 bits per heavy atom. The minimum atomic E-state index is -0.437. The molecule has 1 N–H and O–H groups in total. The minimum absolute atomic E-state index is 0.000645. The zero-order valence-corrected chi connectivity index (χ0v) is 16.0. The Balaban J connectivity index is 1.45. The van der Waals surface area contributed by atoms with Crippen molar-refractivity contribution in [2.45, 2.75) is 46.5 Å². The number of fused-ring (bicyclic) bond motifs is 3. The van der Waals surface area contributed by atoms with Gasteiger partial charge in [-0.05, 0) is 42.2 Å². The number of benzene rings is 1. The molecular weight excluding hydrogens is 342 g/mol. The van der Waals surface area contributed by atoms with Crippen LogP contribution < -0.4 is 5.43 Å². The van der Waals surface area contributed by atoms with Crippen molar-refractivity contribution in [3.63, 3.8) is 0 Å². The molecule has 0 aromatic heterocycles. The molecule has 3 aliphatic rings. The van der Waals surface area contributed by atoms with Gasteiger partial charge in [0.2, 0.25) is 5.91 Å². The van der Waals surface area contributed by atoms with Crippen LogP contribution in [-0.4, -0.2) is 34.9 Å². The van der Waals surface area contributed by atoms with Crippen LogP contribution in [0.5, 0.6) is 0 Å². The first kappa shape index (κ1) is 17.9. The van der Waals surface area contributed by atoms with Crippen molar-refractivity contribution in [1.82, 2.24) is 10.3 Å². The Bertz CT molecular complexity index is 873. The summed E-state index contributed by atoms with van der Waals surface area (Å²) in [6.07, 6.45) is 3.32. The van der Waals surface area contributed by atoms with Crippen LogP contribution in [0, 0.1) is 16.7 Å².